The van der Waals surface area contributed by atoms with Crippen molar-refractivity contribution in [2.75, 3.05) is 0 Å². The molecular formula is C26H46. The molecule has 0 heteroatoms. The molecule has 0 aromatic carbocycles. The summed E-state index contributed by atoms with van der Waals surface area (Å²) in [6.07, 6.45) is 27.8. The number of hydrogen-bond donors (Lipinski definition) is 0. The van der Waals surface area contributed by atoms with Crippen molar-refractivity contribution in [2.24, 2.45) is 5.41 Å². The van der Waals surface area contributed by atoms with Crippen molar-refractivity contribution in [3.8, 4) is 0 Å². The highest BCUT2D eigenvalue weighted by Gasteiger charge is 2.30. The van der Waals surface area contributed by atoms with E-state index in [-0.39, 0.29) is 0 Å². The molecule has 1 unspecified atom stereocenters. The molecule has 0 saturated heterocycles. The van der Waals surface area contributed by atoms with Gasteiger partial charge in [-0.2, -0.15) is 0 Å². The summed E-state index contributed by atoms with van der Waals surface area (Å²) in [5.41, 5.74) is 2.20. The normalized spacial score (nSPS) is 14.0. The number of unbranched alkanes of at least 4 members (excludes halogenated alkanes) is 7. The lowest BCUT2D eigenvalue weighted by Gasteiger charge is -2.36. The van der Waals surface area contributed by atoms with Crippen LogP contribution in [0.25, 0.3) is 0 Å². The van der Waals surface area contributed by atoms with Crippen molar-refractivity contribution in [3.63, 3.8) is 0 Å². The molecule has 0 fully saturated rings. The van der Waals surface area contributed by atoms with Crippen LogP contribution in [0.5, 0.6) is 0 Å². The Morgan fingerprint density at radius 1 is 0.692 bits per heavy atom. The highest BCUT2D eigenvalue weighted by atomic mass is 14.3. The fraction of sp³-hybridized carbons (Fsp3) is 0.692. The topological polar surface area (TPSA) is 0 Å². The second kappa shape index (κ2) is 17.4. The number of allylic oxidation sites excluding steroid dienone is 5. The molecule has 0 saturated carbocycles. The van der Waals surface area contributed by atoms with Gasteiger partial charge in [0, 0.05) is 0 Å². The fourth-order valence-electron chi connectivity index (χ4n) is 4.15. The van der Waals surface area contributed by atoms with Crippen LogP contribution in [0.1, 0.15) is 110 Å². The van der Waals surface area contributed by atoms with Gasteiger partial charge in [-0.1, -0.05) is 56.6 Å². The molecule has 0 aliphatic rings. The van der Waals surface area contributed by atoms with Gasteiger partial charge >= 0.3 is 0 Å². The average Bonchev–Trinajstić information content (AvgIpc) is 2.66. The van der Waals surface area contributed by atoms with E-state index < -0.39 is 0 Å². The number of rotatable bonds is 19. The summed E-state index contributed by atoms with van der Waals surface area (Å²) in [6, 6.07) is 0. The first-order valence-corrected chi connectivity index (χ1v) is 11.2. The summed E-state index contributed by atoms with van der Waals surface area (Å²) in [5, 5.41) is 0. The van der Waals surface area contributed by atoms with Gasteiger partial charge in [0.2, 0.25) is 0 Å². The molecule has 0 bridgehead atoms. The van der Waals surface area contributed by atoms with E-state index >= 15 is 0 Å². The Bertz CT molecular complexity index is 387. The molecular weight excluding hydrogens is 312 g/mol. The molecule has 0 aliphatic carbocycles. The maximum Gasteiger partial charge on any atom is -0.00908 e. The van der Waals surface area contributed by atoms with Gasteiger partial charge in [-0.15, -0.1) is 19.7 Å². The summed E-state index contributed by atoms with van der Waals surface area (Å²) >= 11 is 0. The summed E-state index contributed by atoms with van der Waals surface area (Å²) < 4.78 is 0. The Balaban J connectivity index is 5.10. The fourth-order valence-corrected chi connectivity index (χ4v) is 4.15. The zero-order chi connectivity index (χ0) is 19.5. The van der Waals surface area contributed by atoms with E-state index in [4.69, 9.17) is 0 Å². The van der Waals surface area contributed by atoms with Crippen LogP contribution in [-0.4, -0.2) is 0 Å². The SMILES string of the molecule is C=CCCCCC=C(CCCCC=C)C(CC)(CCC)CCCCC=C. The van der Waals surface area contributed by atoms with E-state index in [9.17, 15) is 0 Å². The Labute approximate surface area is 165 Å². The van der Waals surface area contributed by atoms with Crippen molar-refractivity contribution in [2.45, 2.75) is 110 Å². The van der Waals surface area contributed by atoms with Crippen LogP contribution >= 0.6 is 0 Å². The molecule has 0 radical (unpaired) electrons. The van der Waals surface area contributed by atoms with Gasteiger partial charge in [-0.05, 0) is 88.9 Å². The minimum Gasteiger partial charge on any atom is -0.103 e. The Morgan fingerprint density at radius 3 is 1.77 bits per heavy atom. The molecule has 26 heavy (non-hydrogen) atoms. The molecule has 0 rings (SSSR count). The first-order valence-electron chi connectivity index (χ1n) is 11.2. The third-order valence-corrected chi connectivity index (χ3v) is 5.76. The first kappa shape index (κ1) is 25.0. The van der Waals surface area contributed by atoms with E-state index in [2.05, 4.69) is 51.8 Å². The largest absolute Gasteiger partial charge is 0.103 e. The van der Waals surface area contributed by atoms with Crippen molar-refractivity contribution >= 4 is 0 Å². The Kier molecular flexibility index (Phi) is 16.7. The van der Waals surface area contributed by atoms with Crippen LogP contribution in [0.3, 0.4) is 0 Å². The standard InChI is InChI=1S/C26H46/c1-6-11-14-17-19-22-25(21-18-15-12-7-2)26(10-5,23-9-4)24-20-16-13-8-3/h6-8,22H,1-3,9-21,23-24H2,4-5H3. The lowest BCUT2D eigenvalue weighted by Crippen LogP contribution is -2.23. The third kappa shape index (κ3) is 10.8. The molecule has 0 spiro atoms. The van der Waals surface area contributed by atoms with Gasteiger partial charge in [-0.25, -0.2) is 0 Å². The summed E-state index contributed by atoms with van der Waals surface area (Å²) in [5.74, 6) is 0. The molecule has 0 aromatic heterocycles. The molecule has 0 heterocycles. The second-order valence-electron chi connectivity index (χ2n) is 7.76. The Morgan fingerprint density at radius 2 is 1.23 bits per heavy atom. The number of hydrogen-bond acceptors (Lipinski definition) is 0. The van der Waals surface area contributed by atoms with Gasteiger partial charge < -0.3 is 0 Å². The highest BCUT2D eigenvalue weighted by Crippen LogP contribution is 2.44. The third-order valence-electron chi connectivity index (χ3n) is 5.76. The lowest BCUT2D eigenvalue weighted by atomic mass is 9.68. The zero-order valence-electron chi connectivity index (χ0n) is 18.0. The smallest absolute Gasteiger partial charge is 0.00908 e. The van der Waals surface area contributed by atoms with Crippen LogP contribution in [0.2, 0.25) is 0 Å². The summed E-state index contributed by atoms with van der Waals surface area (Å²) in [4.78, 5) is 0. The molecule has 150 valence electrons. The minimum atomic E-state index is 0.433. The molecule has 1 atom stereocenters. The molecule has 0 N–H and O–H groups in total. The molecule has 0 nitrogen and oxygen atoms in total. The van der Waals surface area contributed by atoms with Crippen LogP contribution in [0.15, 0.2) is 49.6 Å². The van der Waals surface area contributed by atoms with Crippen LogP contribution < -0.4 is 0 Å². The van der Waals surface area contributed by atoms with Crippen molar-refractivity contribution in [3.05, 3.63) is 49.6 Å². The van der Waals surface area contributed by atoms with E-state index in [0.717, 1.165) is 19.3 Å². The van der Waals surface area contributed by atoms with Gasteiger partial charge in [0.1, 0.15) is 0 Å². The quantitative estimate of drug-likeness (QED) is 0.159. The predicted octanol–water partition coefficient (Wildman–Crippen LogP) is 9.35. The van der Waals surface area contributed by atoms with E-state index in [1.807, 2.05) is 6.08 Å². The van der Waals surface area contributed by atoms with Gasteiger partial charge in [-0.3, -0.25) is 0 Å². The van der Waals surface area contributed by atoms with Gasteiger partial charge in [0.05, 0.1) is 0 Å². The maximum atomic E-state index is 3.88. The maximum absolute atomic E-state index is 3.88. The van der Waals surface area contributed by atoms with Crippen LogP contribution in [-0.2, 0) is 0 Å². The first-order chi connectivity index (χ1) is 12.7. The average molecular weight is 359 g/mol. The monoisotopic (exact) mass is 358 g/mol. The van der Waals surface area contributed by atoms with Gasteiger partial charge in [0.25, 0.3) is 0 Å². The van der Waals surface area contributed by atoms with Gasteiger partial charge in [0.15, 0.2) is 0 Å². The second-order valence-corrected chi connectivity index (χ2v) is 7.76. The molecule has 0 aliphatic heterocycles. The summed E-state index contributed by atoms with van der Waals surface area (Å²) in [7, 11) is 0. The van der Waals surface area contributed by atoms with Crippen LogP contribution in [0.4, 0.5) is 0 Å². The Hall–Kier alpha value is -1.04. The van der Waals surface area contributed by atoms with Crippen molar-refractivity contribution in [1.82, 2.24) is 0 Å². The molecule has 0 amide bonds. The zero-order valence-corrected chi connectivity index (χ0v) is 18.0. The molecule has 0 aromatic rings. The van der Waals surface area contributed by atoms with Crippen LogP contribution in [0, 0.1) is 5.41 Å². The minimum absolute atomic E-state index is 0.433. The highest BCUT2D eigenvalue weighted by molar-refractivity contribution is 5.15. The lowest BCUT2D eigenvalue weighted by molar-refractivity contribution is 0.264. The van der Waals surface area contributed by atoms with Crippen molar-refractivity contribution < 1.29 is 0 Å². The van der Waals surface area contributed by atoms with E-state index in [1.165, 1.54) is 77.0 Å². The van der Waals surface area contributed by atoms with Crippen molar-refractivity contribution in [1.29, 1.82) is 0 Å². The van der Waals surface area contributed by atoms with E-state index in [1.54, 1.807) is 5.57 Å². The predicted molar refractivity (Wildman–Crippen MR) is 122 cm³/mol. The summed E-state index contributed by atoms with van der Waals surface area (Å²) in [6.45, 7) is 16.4. The van der Waals surface area contributed by atoms with E-state index in [0.29, 0.717) is 5.41 Å².